The average Bonchev–Trinajstić information content (AvgIpc) is 3.17. The smallest absolute Gasteiger partial charge is 0.305 e. The first kappa shape index (κ1) is 44.9. The highest BCUT2D eigenvalue weighted by Crippen LogP contribution is 2.17. The van der Waals surface area contributed by atoms with Gasteiger partial charge in [0.2, 0.25) is 17.7 Å². The number of anilines is 1. The fourth-order valence-electron chi connectivity index (χ4n) is 4.82. The lowest BCUT2D eigenvalue weighted by atomic mass is 10.1. The van der Waals surface area contributed by atoms with Gasteiger partial charge in [-0.05, 0) is 87.7 Å². The van der Waals surface area contributed by atoms with Crippen LogP contribution in [0, 0.1) is 0 Å². The number of carboxylic acid groups (broad SMARTS) is 1. The van der Waals surface area contributed by atoms with Crippen molar-refractivity contribution >= 4 is 64.6 Å². The molecule has 0 aliphatic carbocycles. The first-order valence-corrected chi connectivity index (χ1v) is 17.9. The van der Waals surface area contributed by atoms with E-state index < -0.39 is 67.2 Å². The van der Waals surface area contributed by atoms with E-state index in [4.69, 9.17) is 21.9 Å². The summed E-state index contributed by atoms with van der Waals surface area (Å²) in [4.78, 5) is 94.3. The SMILES string of the molecule is CC(C)N=Nc1ccc(C(=O)NCCCCC(NC(=O)COc2ccc(NC(=O)[C@H](CC(=O)O)NC(=O)CNC(=O)c3cccc(N=C(N)N)c3)cc2)C(N)=O)cn1. The number of azo groups is 1. The molecule has 0 radical (unpaired) electrons. The molecule has 2 atom stereocenters. The molecule has 3 aromatic rings. The number of nitrogens with one attached hydrogen (secondary N) is 5. The van der Waals surface area contributed by atoms with Crippen molar-refractivity contribution in [2.45, 2.75) is 57.7 Å². The van der Waals surface area contributed by atoms with Crippen molar-refractivity contribution in [2.24, 2.45) is 32.4 Å². The van der Waals surface area contributed by atoms with Crippen molar-refractivity contribution in [3.63, 3.8) is 0 Å². The summed E-state index contributed by atoms with van der Waals surface area (Å²) < 4.78 is 5.48. The number of hydrogen-bond donors (Lipinski definition) is 9. The van der Waals surface area contributed by atoms with E-state index in [1.165, 1.54) is 48.7 Å². The minimum Gasteiger partial charge on any atom is -0.484 e. The molecule has 1 aromatic heterocycles. The molecule has 0 saturated carbocycles. The number of benzene rings is 2. The van der Waals surface area contributed by atoms with E-state index >= 15 is 0 Å². The Balaban J connectivity index is 1.41. The number of aliphatic imine (C=N–C) groups is 1. The van der Waals surface area contributed by atoms with Crippen LogP contribution in [-0.2, 0) is 24.0 Å². The van der Waals surface area contributed by atoms with E-state index in [2.05, 4.69) is 46.8 Å². The van der Waals surface area contributed by atoms with Gasteiger partial charge in [0.15, 0.2) is 18.4 Å². The number of primary amides is 1. The molecule has 1 unspecified atom stereocenters. The monoisotopic (exact) mass is 802 g/mol. The van der Waals surface area contributed by atoms with Crippen LogP contribution in [0.2, 0.25) is 0 Å². The third kappa shape index (κ3) is 16.5. The number of aliphatic carboxylic acids is 1. The lowest BCUT2D eigenvalue weighted by molar-refractivity contribution is -0.139. The minimum absolute atomic E-state index is 0.0180. The van der Waals surface area contributed by atoms with Gasteiger partial charge in [0, 0.05) is 24.0 Å². The zero-order valence-corrected chi connectivity index (χ0v) is 31.8. The molecule has 12 N–H and O–H groups in total. The van der Waals surface area contributed by atoms with Crippen molar-refractivity contribution in [2.75, 3.05) is 25.0 Å². The summed E-state index contributed by atoms with van der Waals surface area (Å²) in [5.74, 6) is -5.00. The van der Waals surface area contributed by atoms with Gasteiger partial charge in [0.05, 0.1) is 30.3 Å². The van der Waals surface area contributed by atoms with Gasteiger partial charge in [0.1, 0.15) is 17.8 Å². The van der Waals surface area contributed by atoms with Gasteiger partial charge < -0.3 is 53.6 Å². The molecule has 2 aromatic carbocycles. The summed E-state index contributed by atoms with van der Waals surface area (Å²) in [5, 5.41) is 29.7. The topological polar surface area (TPSA) is 337 Å². The second-order valence-corrected chi connectivity index (χ2v) is 12.8. The maximum Gasteiger partial charge on any atom is 0.305 e. The van der Waals surface area contributed by atoms with Gasteiger partial charge in [-0.3, -0.25) is 33.6 Å². The summed E-state index contributed by atoms with van der Waals surface area (Å²) in [7, 11) is 0. The van der Waals surface area contributed by atoms with Crippen LogP contribution in [0.15, 0.2) is 82.1 Å². The van der Waals surface area contributed by atoms with Gasteiger partial charge in [-0.2, -0.15) is 5.11 Å². The Hall–Kier alpha value is -7.45. The average molecular weight is 803 g/mol. The maximum atomic E-state index is 12.9. The highest BCUT2D eigenvalue weighted by Gasteiger charge is 2.24. The van der Waals surface area contributed by atoms with Crippen LogP contribution in [0.25, 0.3) is 0 Å². The van der Waals surface area contributed by atoms with E-state index in [0.717, 1.165) is 0 Å². The van der Waals surface area contributed by atoms with Crippen molar-refractivity contribution in [1.29, 1.82) is 0 Å². The molecule has 308 valence electrons. The second kappa shape index (κ2) is 22.8. The predicted molar refractivity (Wildman–Crippen MR) is 210 cm³/mol. The van der Waals surface area contributed by atoms with Crippen molar-refractivity contribution < 1.29 is 43.4 Å². The summed E-state index contributed by atoms with van der Waals surface area (Å²) >= 11 is 0. The third-order valence-electron chi connectivity index (χ3n) is 7.58. The van der Waals surface area contributed by atoms with Crippen LogP contribution < -0.4 is 48.5 Å². The first-order chi connectivity index (χ1) is 27.6. The Kier molecular flexibility index (Phi) is 17.7. The van der Waals surface area contributed by atoms with E-state index in [0.29, 0.717) is 36.5 Å². The van der Waals surface area contributed by atoms with Gasteiger partial charge in [-0.15, -0.1) is 5.11 Å². The number of nitrogens with zero attached hydrogens (tertiary/aromatic N) is 4. The molecule has 0 fully saturated rings. The molecule has 3 rings (SSSR count). The molecule has 21 nitrogen and oxygen atoms in total. The number of carboxylic acids is 1. The predicted octanol–water partition coefficient (Wildman–Crippen LogP) is 0.756. The summed E-state index contributed by atoms with van der Waals surface area (Å²) in [5.41, 5.74) is 17.2. The molecule has 0 spiro atoms. The van der Waals surface area contributed by atoms with Crippen LogP contribution in [-0.4, -0.2) is 95.3 Å². The fraction of sp³-hybridized carbons (Fsp3) is 0.324. The number of amides is 6. The van der Waals surface area contributed by atoms with Gasteiger partial charge in [-0.25, -0.2) is 9.98 Å². The van der Waals surface area contributed by atoms with Crippen LogP contribution in [0.5, 0.6) is 5.75 Å². The molecule has 58 heavy (non-hydrogen) atoms. The van der Waals surface area contributed by atoms with Gasteiger partial charge in [-0.1, -0.05) is 6.07 Å². The van der Waals surface area contributed by atoms with E-state index in [9.17, 15) is 38.7 Å². The molecule has 1 heterocycles. The number of pyridine rings is 1. The van der Waals surface area contributed by atoms with Gasteiger partial charge >= 0.3 is 5.97 Å². The zero-order chi connectivity index (χ0) is 42.6. The quantitative estimate of drug-likeness (QED) is 0.0294. The molecular formula is C37H46N12O9. The minimum atomic E-state index is -1.50. The van der Waals surface area contributed by atoms with Crippen LogP contribution in [0.1, 0.15) is 60.2 Å². The summed E-state index contributed by atoms with van der Waals surface area (Å²) in [6.07, 6.45) is 1.82. The number of guanidine groups is 1. The lowest BCUT2D eigenvalue weighted by Gasteiger charge is -2.17. The number of unbranched alkanes of at least 4 members (excludes halogenated alkanes) is 1. The summed E-state index contributed by atoms with van der Waals surface area (Å²) in [6, 6.07) is 12.3. The van der Waals surface area contributed by atoms with Crippen molar-refractivity contribution in [1.82, 2.24) is 26.3 Å². The Bertz CT molecular complexity index is 1980. The molecule has 21 heteroatoms. The van der Waals surface area contributed by atoms with E-state index in [-0.39, 0.29) is 41.3 Å². The number of carbonyl (C=O) groups is 7. The maximum absolute atomic E-state index is 12.9. The normalized spacial score (nSPS) is 11.8. The number of hydrogen-bond acceptors (Lipinski definition) is 12. The Morgan fingerprint density at radius 2 is 1.53 bits per heavy atom. The molecular weight excluding hydrogens is 756 g/mol. The number of carbonyl (C=O) groups excluding carboxylic acids is 6. The highest BCUT2D eigenvalue weighted by atomic mass is 16.5. The largest absolute Gasteiger partial charge is 0.484 e. The van der Waals surface area contributed by atoms with Crippen LogP contribution in [0.4, 0.5) is 17.2 Å². The number of aromatic nitrogens is 1. The molecule has 0 aliphatic rings. The number of nitrogens with two attached hydrogens (primary N) is 3. The van der Waals surface area contributed by atoms with Crippen molar-refractivity contribution in [3.8, 4) is 5.75 Å². The molecule has 0 aliphatic heterocycles. The Morgan fingerprint density at radius 3 is 2.17 bits per heavy atom. The number of ether oxygens (including phenoxy) is 1. The van der Waals surface area contributed by atoms with Crippen LogP contribution >= 0.6 is 0 Å². The third-order valence-corrected chi connectivity index (χ3v) is 7.58. The van der Waals surface area contributed by atoms with Gasteiger partial charge in [0.25, 0.3) is 17.7 Å². The molecule has 6 amide bonds. The Morgan fingerprint density at radius 1 is 0.828 bits per heavy atom. The highest BCUT2D eigenvalue weighted by molar-refractivity contribution is 6.01. The molecule has 0 saturated heterocycles. The lowest BCUT2D eigenvalue weighted by Crippen LogP contribution is -2.48. The van der Waals surface area contributed by atoms with E-state index in [1.54, 1.807) is 18.2 Å². The number of rotatable bonds is 22. The first-order valence-electron chi connectivity index (χ1n) is 17.9. The summed E-state index contributed by atoms with van der Waals surface area (Å²) in [6.45, 7) is 3.02. The second-order valence-electron chi connectivity index (χ2n) is 12.8. The van der Waals surface area contributed by atoms with Crippen LogP contribution in [0.3, 0.4) is 0 Å². The molecule has 0 bridgehead atoms. The zero-order valence-electron chi connectivity index (χ0n) is 31.8. The Labute approximate surface area is 332 Å². The van der Waals surface area contributed by atoms with Crippen molar-refractivity contribution in [3.05, 3.63) is 78.0 Å². The standard InChI is InChI=1S/C37H46N12O9/c1-21(2)48-49-29-14-9-23(18-42-29)35(56)41-15-4-3-8-27(33(38)54)46-31(51)20-58-26-12-10-24(11-13-26)44-36(57)28(17-32(52)53)47-30(50)19-43-34(55)22-6-5-7-25(16-22)45-37(39)40/h5-7,9-14,16,18,21,27-28H,3-4,8,15,17,19-20H2,1-2H3,(H2,38,54)(H,41,56)(H,43,55)(H,44,57)(H,46,51)(H,47,50)(H,52,53)(H4,39,40,45)/t27?,28-/m0/s1. The van der Waals surface area contributed by atoms with E-state index in [1.807, 2.05) is 13.8 Å². The fourth-order valence-corrected chi connectivity index (χ4v) is 4.82.